The number of piperidine rings is 1. The van der Waals surface area contributed by atoms with E-state index in [9.17, 15) is 4.79 Å². The number of nitrogens with one attached hydrogen (secondary N) is 1. The van der Waals surface area contributed by atoms with E-state index in [1.54, 1.807) is 35.3 Å². The average molecular weight is 385 g/mol. The smallest absolute Gasteiger partial charge is 0.269 e. The van der Waals surface area contributed by atoms with Crippen LogP contribution in [0.3, 0.4) is 0 Å². The highest BCUT2D eigenvalue weighted by atomic mass is 32.1. The number of aromatic nitrogens is 3. The molecule has 0 aliphatic carbocycles. The van der Waals surface area contributed by atoms with Crippen molar-refractivity contribution in [2.45, 2.75) is 25.8 Å². The summed E-state index contributed by atoms with van der Waals surface area (Å²) in [5.41, 5.74) is 1.53. The molecule has 3 aromatic rings. The van der Waals surface area contributed by atoms with Crippen molar-refractivity contribution >= 4 is 32.6 Å². The number of thiazole rings is 1. The van der Waals surface area contributed by atoms with Gasteiger partial charge in [0.15, 0.2) is 5.13 Å². The van der Waals surface area contributed by atoms with Crippen molar-refractivity contribution in [3.05, 3.63) is 36.2 Å². The van der Waals surface area contributed by atoms with Gasteiger partial charge in [-0.25, -0.2) is 4.98 Å². The third-order valence-corrected chi connectivity index (χ3v) is 5.91. The van der Waals surface area contributed by atoms with Crippen molar-refractivity contribution in [1.82, 2.24) is 20.1 Å². The van der Waals surface area contributed by atoms with Gasteiger partial charge in [-0.15, -0.1) is 0 Å². The van der Waals surface area contributed by atoms with Gasteiger partial charge < -0.3 is 15.0 Å². The summed E-state index contributed by atoms with van der Waals surface area (Å²) >= 11 is 1.69. The summed E-state index contributed by atoms with van der Waals surface area (Å²) in [6, 6.07) is 7.98. The van der Waals surface area contributed by atoms with Gasteiger partial charge in [-0.2, -0.15) is 5.10 Å². The lowest BCUT2D eigenvalue weighted by Crippen LogP contribution is -2.45. The number of carbonyl (C=O) groups is 1. The van der Waals surface area contributed by atoms with Gasteiger partial charge in [-0.05, 0) is 38.0 Å². The fraction of sp³-hybridized carbons (Fsp3) is 0.421. The Bertz CT molecular complexity index is 943. The number of carbonyl (C=O) groups excluding carboxylic acids is 1. The van der Waals surface area contributed by atoms with E-state index in [4.69, 9.17) is 9.72 Å². The first-order valence-corrected chi connectivity index (χ1v) is 10.0. The number of benzene rings is 1. The fourth-order valence-corrected chi connectivity index (χ4v) is 4.42. The summed E-state index contributed by atoms with van der Waals surface area (Å²) in [6.07, 6.45) is 3.44. The first-order chi connectivity index (χ1) is 13.2. The van der Waals surface area contributed by atoms with Crippen LogP contribution in [0.5, 0.6) is 5.75 Å². The highest BCUT2D eigenvalue weighted by molar-refractivity contribution is 7.22. The number of amides is 1. The van der Waals surface area contributed by atoms with Crippen molar-refractivity contribution < 1.29 is 9.53 Å². The molecule has 1 amide bonds. The molecule has 27 heavy (non-hydrogen) atoms. The second-order valence-electron chi connectivity index (χ2n) is 6.61. The van der Waals surface area contributed by atoms with Gasteiger partial charge in [-0.1, -0.05) is 17.4 Å². The summed E-state index contributed by atoms with van der Waals surface area (Å²) in [5.74, 6) is 0.783. The molecule has 1 aliphatic rings. The summed E-state index contributed by atoms with van der Waals surface area (Å²) in [5, 5.41) is 8.20. The average Bonchev–Trinajstić information content (AvgIpc) is 3.29. The molecule has 7 nitrogen and oxygen atoms in total. The molecular weight excluding hydrogens is 362 g/mol. The maximum absolute atomic E-state index is 12.4. The SMILES string of the molecule is CCOc1cccc2sc(N3CCC(NC(=O)c4ccnn4C)CC3)nc12. The number of ether oxygens (including phenoxy) is 1. The molecule has 8 heteroatoms. The molecule has 1 N–H and O–H groups in total. The summed E-state index contributed by atoms with van der Waals surface area (Å²) in [7, 11) is 1.78. The van der Waals surface area contributed by atoms with Gasteiger partial charge in [0.2, 0.25) is 0 Å². The zero-order valence-electron chi connectivity index (χ0n) is 15.5. The second-order valence-corrected chi connectivity index (χ2v) is 7.62. The molecule has 0 unspecified atom stereocenters. The summed E-state index contributed by atoms with van der Waals surface area (Å²) in [4.78, 5) is 19.5. The fourth-order valence-electron chi connectivity index (χ4n) is 3.39. The molecule has 0 spiro atoms. The first kappa shape index (κ1) is 17.8. The van der Waals surface area contributed by atoms with Crippen LogP contribution in [0.25, 0.3) is 10.2 Å². The lowest BCUT2D eigenvalue weighted by Gasteiger charge is -2.32. The topological polar surface area (TPSA) is 72.3 Å². The van der Waals surface area contributed by atoms with Crippen LogP contribution < -0.4 is 15.0 Å². The molecule has 0 saturated carbocycles. The van der Waals surface area contributed by atoms with Crippen LogP contribution in [-0.4, -0.2) is 46.4 Å². The lowest BCUT2D eigenvalue weighted by molar-refractivity contribution is 0.0921. The molecule has 0 radical (unpaired) electrons. The zero-order valence-corrected chi connectivity index (χ0v) is 16.3. The van der Waals surface area contributed by atoms with E-state index in [1.165, 1.54) is 0 Å². The number of fused-ring (bicyclic) bond motifs is 1. The van der Waals surface area contributed by atoms with E-state index < -0.39 is 0 Å². The van der Waals surface area contributed by atoms with Gasteiger partial charge in [0, 0.05) is 32.4 Å². The minimum Gasteiger partial charge on any atom is -0.492 e. The standard InChI is InChI=1S/C19H23N5O2S/c1-3-26-15-5-4-6-16-17(15)22-19(27-16)24-11-8-13(9-12-24)21-18(25)14-7-10-20-23(14)2/h4-7,10,13H,3,8-9,11-12H2,1-2H3,(H,21,25). The highest BCUT2D eigenvalue weighted by Crippen LogP contribution is 2.35. The van der Waals surface area contributed by atoms with E-state index in [2.05, 4.69) is 21.4 Å². The van der Waals surface area contributed by atoms with Crippen LogP contribution in [-0.2, 0) is 7.05 Å². The summed E-state index contributed by atoms with van der Waals surface area (Å²) in [6.45, 7) is 4.37. The van der Waals surface area contributed by atoms with E-state index >= 15 is 0 Å². The van der Waals surface area contributed by atoms with Crippen LogP contribution >= 0.6 is 11.3 Å². The first-order valence-electron chi connectivity index (χ1n) is 9.22. The van der Waals surface area contributed by atoms with Crippen molar-refractivity contribution in [1.29, 1.82) is 0 Å². The molecule has 3 heterocycles. The quantitative estimate of drug-likeness (QED) is 0.731. The number of hydrogen-bond donors (Lipinski definition) is 1. The molecular formula is C19H23N5O2S. The number of para-hydroxylation sites is 1. The highest BCUT2D eigenvalue weighted by Gasteiger charge is 2.24. The molecule has 0 atom stereocenters. The van der Waals surface area contributed by atoms with Crippen molar-refractivity contribution in [3.63, 3.8) is 0 Å². The van der Waals surface area contributed by atoms with E-state index in [0.717, 1.165) is 47.0 Å². The van der Waals surface area contributed by atoms with Crippen molar-refractivity contribution in [3.8, 4) is 5.75 Å². The Kier molecular flexibility index (Phi) is 4.98. The molecule has 1 saturated heterocycles. The van der Waals surface area contributed by atoms with E-state index in [0.29, 0.717) is 12.3 Å². The predicted molar refractivity (Wildman–Crippen MR) is 107 cm³/mol. The molecule has 1 aromatic carbocycles. The van der Waals surface area contributed by atoms with Crippen molar-refractivity contribution in [2.75, 3.05) is 24.6 Å². The Morgan fingerprint density at radius 2 is 2.15 bits per heavy atom. The third-order valence-electron chi connectivity index (χ3n) is 4.82. The monoisotopic (exact) mass is 385 g/mol. The van der Waals surface area contributed by atoms with Crippen LogP contribution in [0.15, 0.2) is 30.5 Å². The Labute approximate surface area is 162 Å². The van der Waals surface area contributed by atoms with Crippen LogP contribution in [0.2, 0.25) is 0 Å². The van der Waals surface area contributed by atoms with Crippen LogP contribution in [0, 0.1) is 0 Å². The minimum atomic E-state index is -0.0604. The van der Waals surface area contributed by atoms with Gasteiger partial charge in [0.05, 0.1) is 11.3 Å². The molecule has 1 fully saturated rings. The van der Waals surface area contributed by atoms with Gasteiger partial charge in [0.1, 0.15) is 17.0 Å². The van der Waals surface area contributed by atoms with Crippen molar-refractivity contribution in [2.24, 2.45) is 7.05 Å². The van der Waals surface area contributed by atoms with Gasteiger partial charge in [-0.3, -0.25) is 9.48 Å². The molecule has 2 aromatic heterocycles. The third kappa shape index (κ3) is 3.62. The second kappa shape index (κ2) is 7.56. The number of rotatable bonds is 5. The summed E-state index contributed by atoms with van der Waals surface area (Å²) < 4.78 is 8.44. The van der Waals surface area contributed by atoms with Crippen LogP contribution in [0.4, 0.5) is 5.13 Å². The zero-order chi connectivity index (χ0) is 18.8. The van der Waals surface area contributed by atoms with E-state index in [-0.39, 0.29) is 11.9 Å². The normalized spacial score (nSPS) is 15.3. The maximum atomic E-state index is 12.4. The van der Waals surface area contributed by atoms with Crippen LogP contribution in [0.1, 0.15) is 30.3 Å². The Morgan fingerprint density at radius 1 is 1.33 bits per heavy atom. The molecule has 142 valence electrons. The number of aryl methyl sites for hydroxylation is 1. The number of nitrogens with zero attached hydrogens (tertiary/aromatic N) is 4. The Morgan fingerprint density at radius 3 is 2.85 bits per heavy atom. The number of hydrogen-bond acceptors (Lipinski definition) is 6. The molecule has 4 rings (SSSR count). The largest absolute Gasteiger partial charge is 0.492 e. The maximum Gasteiger partial charge on any atom is 0.269 e. The lowest BCUT2D eigenvalue weighted by atomic mass is 10.1. The molecule has 0 bridgehead atoms. The van der Waals surface area contributed by atoms with E-state index in [1.807, 2.05) is 19.1 Å². The Hall–Kier alpha value is -2.61. The number of anilines is 1. The van der Waals surface area contributed by atoms with Gasteiger partial charge in [0.25, 0.3) is 5.91 Å². The molecule has 1 aliphatic heterocycles. The van der Waals surface area contributed by atoms with Gasteiger partial charge >= 0.3 is 0 Å². The minimum absolute atomic E-state index is 0.0604. The Balaban J connectivity index is 1.40. The predicted octanol–water partition coefficient (Wildman–Crippen LogP) is 2.83.